The van der Waals surface area contributed by atoms with Crippen LogP contribution in [0.25, 0.3) is 0 Å². The van der Waals surface area contributed by atoms with Gasteiger partial charge in [0.05, 0.1) is 0 Å². The first kappa shape index (κ1) is 17.7. The maximum absolute atomic E-state index is 11.9. The van der Waals surface area contributed by atoms with Gasteiger partial charge in [-0.25, -0.2) is 0 Å². The molecule has 1 aromatic carbocycles. The van der Waals surface area contributed by atoms with Crippen LogP contribution in [-0.2, 0) is 4.79 Å². The van der Waals surface area contributed by atoms with E-state index in [9.17, 15) is 9.59 Å². The second-order valence-electron chi connectivity index (χ2n) is 6.25. The summed E-state index contributed by atoms with van der Waals surface area (Å²) in [4.78, 5) is 26.2. The van der Waals surface area contributed by atoms with Crippen molar-refractivity contribution in [3.8, 4) is 0 Å². The van der Waals surface area contributed by atoms with E-state index < -0.39 is 0 Å². The molecule has 1 aromatic rings. The topological polar surface area (TPSA) is 49.4 Å². The normalized spacial score (nSPS) is 15.8. The third-order valence-corrected chi connectivity index (χ3v) is 4.35. The van der Waals surface area contributed by atoms with Crippen molar-refractivity contribution < 1.29 is 9.59 Å². The maximum atomic E-state index is 11.9. The molecule has 0 spiro atoms. The number of nitrogens with one attached hydrogen (secondary N) is 1. The van der Waals surface area contributed by atoms with Gasteiger partial charge in [0, 0.05) is 24.9 Å². The molecule has 0 atom stereocenters. The summed E-state index contributed by atoms with van der Waals surface area (Å²) >= 11 is 0. The third kappa shape index (κ3) is 6.95. The van der Waals surface area contributed by atoms with Crippen molar-refractivity contribution in [1.29, 1.82) is 0 Å². The summed E-state index contributed by atoms with van der Waals surface area (Å²) < 4.78 is 0. The first-order chi connectivity index (χ1) is 11.3. The fourth-order valence-corrected chi connectivity index (χ4v) is 2.97. The second kappa shape index (κ2) is 10.2. The number of ketones is 1. The summed E-state index contributed by atoms with van der Waals surface area (Å²) in [6.45, 7) is 4.15. The number of amides is 1. The molecule has 1 amide bonds. The first-order valence-corrected chi connectivity index (χ1v) is 8.83. The van der Waals surface area contributed by atoms with E-state index in [1.54, 1.807) is 12.1 Å². The predicted octanol–water partition coefficient (Wildman–Crippen LogP) is 3.03. The van der Waals surface area contributed by atoms with Gasteiger partial charge in [0.25, 0.3) is 0 Å². The standard InChI is InChI=1S/C19H28N2O2/c22-18(17-9-4-3-5-10-17)11-12-19(23)20-13-8-16-21-14-6-1-2-7-15-21/h3-5,9-10H,1-2,6-8,11-16H2,(H,20,23). The van der Waals surface area contributed by atoms with Gasteiger partial charge in [0.1, 0.15) is 0 Å². The third-order valence-electron chi connectivity index (χ3n) is 4.35. The highest BCUT2D eigenvalue weighted by Crippen LogP contribution is 2.09. The van der Waals surface area contributed by atoms with Crippen molar-refractivity contribution in [2.45, 2.75) is 44.9 Å². The molecule has 1 N–H and O–H groups in total. The van der Waals surface area contributed by atoms with Gasteiger partial charge in [-0.1, -0.05) is 43.2 Å². The highest BCUT2D eigenvalue weighted by Gasteiger charge is 2.10. The molecule has 4 heteroatoms. The number of likely N-dealkylation sites (tertiary alicyclic amines) is 1. The van der Waals surface area contributed by atoms with Gasteiger partial charge in [-0.2, -0.15) is 0 Å². The zero-order chi connectivity index (χ0) is 16.3. The van der Waals surface area contributed by atoms with Crippen LogP contribution in [0.5, 0.6) is 0 Å². The Morgan fingerprint density at radius 2 is 1.65 bits per heavy atom. The Morgan fingerprint density at radius 3 is 2.35 bits per heavy atom. The molecular weight excluding hydrogens is 288 g/mol. The quantitative estimate of drug-likeness (QED) is 0.592. The van der Waals surface area contributed by atoms with Crippen LogP contribution in [0.1, 0.15) is 55.3 Å². The highest BCUT2D eigenvalue weighted by molar-refractivity contribution is 5.97. The molecule has 0 bridgehead atoms. The molecule has 1 saturated heterocycles. The highest BCUT2D eigenvalue weighted by atomic mass is 16.2. The van der Waals surface area contributed by atoms with Crippen molar-refractivity contribution in [3.05, 3.63) is 35.9 Å². The fourth-order valence-electron chi connectivity index (χ4n) is 2.97. The molecule has 2 rings (SSSR count). The Kier molecular flexibility index (Phi) is 7.81. The molecule has 0 saturated carbocycles. The second-order valence-corrected chi connectivity index (χ2v) is 6.25. The van der Waals surface area contributed by atoms with Crippen LogP contribution in [0.3, 0.4) is 0 Å². The molecule has 4 nitrogen and oxygen atoms in total. The minimum absolute atomic E-state index is 0.0230. The zero-order valence-corrected chi connectivity index (χ0v) is 13.9. The summed E-state index contributed by atoms with van der Waals surface area (Å²) in [5.74, 6) is 0.00969. The Morgan fingerprint density at radius 1 is 0.957 bits per heavy atom. The van der Waals surface area contributed by atoms with Gasteiger partial charge in [0.2, 0.25) is 5.91 Å². The van der Waals surface area contributed by atoms with E-state index in [0.717, 1.165) is 13.0 Å². The van der Waals surface area contributed by atoms with Crippen molar-refractivity contribution in [2.24, 2.45) is 0 Å². The molecule has 1 aliphatic heterocycles. The SMILES string of the molecule is O=C(CCC(=O)c1ccccc1)NCCCN1CCCCCC1. The van der Waals surface area contributed by atoms with Gasteiger partial charge in [-0.15, -0.1) is 0 Å². The average Bonchev–Trinajstić information content (AvgIpc) is 2.86. The Hall–Kier alpha value is -1.68. The zero-order valence-electron chi connectivity index (χ0n) is 13.9. The minimum Gasteiger partial charge on any atom is -0.356 e. The van der Waals surface area contributed by atoms with E-state index >= 15 is 0 Å². The van der Waals surface area contributed by atoms with Crippen molar-refractivity contribution in [1.82, 2.24) is 10.2 Å². The smallest absolute Gasteiger partial charge is 0.220 e. The fraction of sp³-hybridized carbons (Fsp3) is 0.579. The van der Waals surface area contributed by atoms with Gasteiger partial charge in [0.15, 0.2) is 5.78 Å². The van der Waals surface area contributed by atoms with E-state index in [0.29, 0.717) is 12.1 Å². The molecular formula is C19H28N2O2. The number of hydrogen-bond acceptors (Lipinski definition) is 3. The lowest BCUT2D eigenvalue weighted by Crippen LogP contribution is -2.30. The number of benzene rings is 1. The number of hydrogen-bond donors (Lipinski definition) is 1. The molecule has 1 fully saturated rings. The molecule has 126 valence electrons. The van der Waals surface area contributed by atoms with Crippen LogP contribution in [0.15, 0.2) is 30.3 Å². The van der Waals surface area contributed by atoms with Gasteiger partial charge < -0.3 is 10.2 Å². The minimum atomic E-state index is -0.0230. The molecule has 0 unspecified atom stereocenters. The first-order valence-electron chi connectivity index (χ1n) is 8.83. The van der Waals surface area contributed by atoms with Crippen LogP contribution in [0, 0.1) is 0 Å². The van der Waals surface area contributed by atoms with E-state index in [1.165, 1.54) is 38.8 Å². The predicted molar refractivity (Wildman–Crippen MR) is 92.5 cm³/mol. The van der Waals surface area contributed by atoms with Gasteiger partial charge >= 0.3 is 0 Å². The largest absolute Gasteiger partial charge is 0.356 e. The average molecular weight is 316 g/mol. The van der Waals surface area contributed by atoms with Gasteiger partial charge in [-0.3, -0.25) is 9.59 Å². The summed E-state index contributed by atoms with van der Waals surface area (Å²) in [5, 5.41) is 2.93. The van der Waals surface area contributed by atoms with E-state index in [4.69, 9.17) is 0 Å². The van der Waals surface area contributed by atoms with Crippen molar-refractivity contribution >= 4 is 11.7 Å². The number of Topliss-reactive ketones (excluding diaryl/α,β-unsaturated/α-hetero) is 1. The van der Waals surface area contributed by atoms with E-state index in [1.807, 2.05) is 18.2 Å². The van der Waals surface area contributed by atoms with Crippen LogP contribution in [0.2, 0.25) is 0 Å². The maximum Gasteiger partial charge on any atom is 0.220 e. The van der Waals surface area contributed by atoms with Crippen molar-refractivity contribution in [2.75, 3.05) is 26.2 Å². The molecule has 0 radical (unpaired) electrons. The Labute approximate surface area is 139 Å². The summed E-state index contributed by atoms with van der Waals surface area (Å²) in [5.41, 5.74) is 0.682. The van der Waals surface area contributed by atoms with Crippen molar-refractivity contribution in [3.63, 3.8) is 0 Å². The molecule has 23 heavy (non-hydrogen) atoms. The number of nitrogens with zero attached hydrogens (tertiary/aromatic N) is 1. The molecule has 0 aliphatic carbocycles. The van der Waals surface area contributed by atoms with E-state index in [-0.39, 0.29) is 24.5 Å². The lowest BCUT2D eigenvalue weighted by Gasteiger charge is -2.19. The summed E-state index contributed by atoms with van der Waals surface area (Å²) in [6.07, 6.45) is 6.84. The van der Waals surface area contributed by atoms with Crippen LogP contribution in [0.4, 0.5) is 0 Å². The number of carbonyl (C=O) groups excluding carboxylic acids is 2. The van der Waals surface area contributed by atoms with Gasteiger partial charge in [-0.05, 0) is 38.9 Å². The van der Waals surface area contributed by atoms with E-state index in [2.05, 4.69) is 10.2 Å². The lowest BCUT2D eigenvalue weighted by molar-refractivity contribution is -0.121. The molecule has 1 heterocycles. The Bertz CT molecular complexity index is 479. The Balaban J connectivity index is 1.55. The lowest BCUT2D eigenvalue weighted by atomic mass is 10.1. The summed E-state index contributed by atoms with van der Waals surface area (Å²) in [7, 11) is 0. The van der Waals surface area contributed by atoms with Crippen LogP contribution < -0.4 is 5.32 Å². The molecule has 0 aromatic heterocycles. The van der Waals surface area contributed by atoms with Crippen LogP contribution in [-0.4, -0.2) is 42.8 Å². The number of carbonyl (C=O) groups is 2. The van der Waals surface area contributed by atoms with Crippen LogP contribution >= 0.6 is 0 Å². The summed E-state index contributed by atoms with van der Waals surface area (Å²) in [6, 6.07) is 9.16. The monoisotopic (exact) mass is 316 g/mol. The number of rotatable bonds is 8. The molecule has 1 aliphatic rings.